The fraction of sp³-hybridized carbons (Fsp3) is 0.400. The molecular weight excluding hydrogens is 470 g/mol. The highest BCUT2D eigenvalue weighted by atomic mass is 32.2. The maximum Gasteiger partial charge on any atom is 0.240 e. The molecule has 2 N–H and O–H groups in total. The van der Waals surface area contributed by atoms with Crippen LogP contribution in [0.25, 0.3) is 0 Å². The standard InChI is InChI=1S/C25H29N3O6S/c1-17-5-4-8-20(11-17)28(13-23(29)26-18-6-2-3-7-18)25(31)15-35(32)14-24(30)27-19-9-10-21-22(12-19)34-16-33-21/h4-5,8-12,18H,2-3,6-7,13-16H2,1H3,(H,26,29)(H,27,30)/t35-/m0/s1. The molecule has 0 bridgehead atoms. The van der Waals surface area contributed by atoms with Crippen molar-refractivity contribution in [2.75, 3.05) is 35.1 Å². The lowest BCUT2D eigenvalue weighted by atomic mass is 10.2. The van der Waals surface area contributed by atoms with Crippen molar-refractivity contribution >= 4 is 39.9 Å². The van der Waals surface area contributed by atoms with Crippen molar-refractivity contribution in [2.24, 2.45) is 0 Å². The second-order valence-electron chi connectivity index (χ2n) is 8.71. The molecule has 0 radical (unpaired) electrons. The van der Waals surface area contributed by atoms with E-state index in [9.17, 15) is 18.6 Å². The molecule has 35 heavy (non-hydrogen) atoms. The Balaban J connectivity index is 1.36. The largest absolute Gasteiger partial charge is 0.454 e. The van der Waals surface area contributed by atoms with Gasteiger partial charge in [-0.2, -0.15) is 0 Å². The Bertz CT molecular complexity index is 1130. The van der Waals surface area contributed by atoms with Crippen LogP contribution in [0.1, 0.15) is 31.2 Å². The van der Waals surface area contributed by atoms with Gasteiger partial charge in [0.05, 0.1) is 0 Å². The Morgan fingerprint density at radius 2 is 1.77 bits per heavy atom. The Morgan fingerprint density at radius 3 is 2.54 bits per heavy atom. The Morgan fingerprint density at radius 1 is 1.00 bits per heavy atom. The summed E-state index contributed by atoms with van der Waals surface area (Å²) in [6.07, 6.45) is 4.04. The van der Waals surface area contributed by atoms with Crippen molar-refractivity contribution < 1.29 is 28.1 Å². The Kier molecular flexibility index (Phi) is 8.02. The average molecular weight is 500 g/mol. The minimum Gasteiger partial charge on any atom is -0.454 e. The van der Waals surface area contributed by atoms with Crippen LogP contribution in [0.3, 0.4) is 0 Å². The van der Waals surface area contributed by atoms with Gasteiger partial charge in [0.15, 0.2) is 11.5 Å². The highest BCUT2D eigenvalue weighted by Gasteiger charge is 2.24. The van der Waals surface area contributed by atoms with Gasteiger partial charge in [-0.05, 0) is 49.6 Å². The van der Waals surface area contributed by atoms with Crippen molar-refractivity contribution in [3.8, 4) is 11.5 Å². The first kappa shape index (κ1) is 24.7. The monoisotopic (exact) mass is 499 g/mol. The first-order valence-electron chi connectivity index (χ1n) is 11.6. The summed E-state index contributed by atoms with van der Waals surface area (Å²) in [7, 11) is -1.76. The predicted octanol–water partition coefficient (Wildman–Crippen LogP) is 2.50. The maximum absolute atomic E-state index is 13.1. The van der Waals surface area contributed by atoms with E-state index in [1.165, 1.54) is 4.90 Å². The number of nitrogens with zero attached hydrogens (tertiary/aromatic N) is 1. The highest BCUT2D eigenvalue weighted by molar-refractivity contribution is 7.86. The van der Waals surface area contributed by atoms with E-state index in [1.807, 2.05) is 13.0 Å². The van der Waals surface area contributed by atoms with E-state index < -0.39 is 22.6 Å². The molecule has 10 heteroatoms. The molecule has 186 valence electrons. The summed E-state index contributed by atoms with van der Waals surface area (Å²) in [5.41, 5.74) is 1.96. The molecule has 1 fully saturated rings. The molecule has 0 aromatic heterocycles. The summed E-state index contributed by atoms with van der Waals surface area (Å²) in [5.74, 6) is -0.843. The molecule has 2 aromatic carbocycles. The summed E-state index contributed by atoms with van der Waals surface area (Å²) in [5, 5.41) is 5.65. The van der Waals surface area contributed by atoms with Gasteiger partial charge < -0.3 is 25.0 Å². The van der Waals surface area contributed by atoms with E-state index in [0.717, 1.165) is 31.2 Å². The smallest absolute Gasteiger partial charge is 0.240 e. The zero-order chi connectivity index (χ0) is 24.8. The number of aryl methyl sites for hydroxylation is 1. The van der Waals surface area contributed by atoms with Crippen LogP contribution < -0.4 is 25.0 Å². The predicted molar refractivity (Wildman–Crippen MR) is 133 cm³/mol. The number of ether oxygens (including phenoxy) is 2. The third-order valence-corrected chi connectivity index (χ3v) is 7.02. The van der Waals surface area contributed by atoms with Crippen LogP contribution in [-0.2, 0) is 25.2 Å². The molecule has 0 saturated heterocycles. The molecule has 4 rings (SSSR count). The lowest BCUT2D eigenvalue weighted by Crippen LogP contribution is -2.45. The van der Waals surface area contributed by atoms with Gasteiger partial charge in [0, 0.05) is 34.3 Å². The van der Waals surface area contributed by atoms with Gasteiger partial charge in [-0.3, -0.25) is 18.6 Å². The third kappa shape index (κ3) is 6.82. The van der Waals surface area contributed by atoms with Crippen molar-refractivity contribution in [1.29, 1.82) is 0 Å². The van der Waals surface area contributed by atoms with Crippen LogP contribution in [0.5, 0.6) is 11.5 Å². The molecule has 0 spiro atoms. The topological polar surface area (TPSA) is 114 Å². The summed E-state index contributed by atoms with van der Waals surface area (Å²) in [6, 6.07) is 12.3. The molecule has 9 nitrogen and oxygen atoms in total. The van der Waals surface area contributed by atoms with E-state index >= 15 is 0 Å². The second-order valence-corrected chi connectivity index (χ2v) is 10.2. The van der Waals surface area contributed by atoms with Gasteiger partial charge >= 0.3 is 0 Å². The van der Waals surface area contributed by atoms with E-state index in [0.29, 0.717) is 22.9 Å². The summed E-state index contributed by atoms with van der Waals surface area (Å²) in [6.45, 7) is 1.84. The fourth-order valence-electron chi connectivity index (χ4n) is 4.19. The van der Waals surface area contributed by atoms with Crippen molar-refractivity contribution in [3.63, 3.8) is 0 Å². The first-order chi connectivity index (χ1) is 16.9. The number of nitrogens with one attached hydrogen (secondary N) is 2. The zero-order valence-corrected chi connectivity index (χ0v) is 20.4. The number of hydrogen-bond donors (Lipinski definition) is 2. The number of rotatable bonds is 9. The average Bonchev–Trinajstić information content (AvgIpc) is 3.48. The first-order valence-corrected chi connectivity index (χ1v) is 13.1. The van der Waals surface area contributed by atoms with Gasteiger partial charge in [0.2, 0.25) is 24.5 Å². The summed E-state index contributed by atoms with van der Waals surface area (Å²) < 4.78 is 23.2. The molecule has 1 atom stereocenters. The molecule has 1 heterocycles. The SMILES string of the molecule is Cc1cccc(N(CC(=O)NC2CCCC2)C(=O)C[S@@](=O)CC(=O)Nc2ccc3c(c2)OCO3)c1. The van der Waals surface area contributed by atoms with E-state index in [1.54, 1.807) is 36.4 Å². The molecular formula is C25H29N3O6S. The minimum absolute atomic E-state index is 0.120. The second kappa shape index (κ2) is 11.4. The zero-order valence-electron chi connectivity index (χ0n) is 19.6. The quantitative estimate of drug-likeness (QED) is 0.548. The van der Waals surface area contributed by atoms with Crippen LogP contribution in [0.15, 0.2) is 42.5 Å². The minimum atomic E-state index is -1.76. The van der Waals surface area contributed by atoms with Gasteiger partial charge in [0.25, 0.3) is 0 Å². The molecule has 2 aliphatic rings. The number of fused-ring (bicyclic) bond motifs is 1. The molecule has 2 aromatic rings. The van der Waals surface area contributed by atoms with Gasteiger partial charge in [-0.25, -0.2) is 0 Å². The van der Waals surface area contributed by atoms with Crippen LogP contribution in [0, 0.1) is 6.92 Å². The van der Waals surface area contributed by atoms with Crippen molar-refractivity contribution in [2.45, 2.75) is 38.6 Å². The summed E-state index contributed by atoms with van der Waals surface area (Å²) >= 11 is 0. The number of amides is 3. The van der Waals surface area contributed by atoms with Crippen LogP contribution >= 0.6 is 0 Å². The van der Waals surface area contributed by atoms with Crippen LogP contribution in [0.2, 0.25) is 0 Å². The number of carbonyl (C=O) groups excluding carboxylic acids is 3. The summed E-state index contributed by atoms with van der Waals surface area (Å²) in [4.78, 5) is 39.5. The van der Waals surface area contributed by atoms with E-state index in [4.69, 9.17) is 9.47 Å². The van der Waals surface area contributed by atoms with Gasteiger partial charge in [-0.1, -0.05) is 25.0 Å². The van der Waals surface area contributed by atoms with Crippen molar-refractivity contribution in [1.82, 2.24) is 5.32 Å². The third-order valence-electron chi connectivity index (χ3n) is 5.87. The maximum atomic E-state index is 13.1. The number of anilines is 2. The molecule has 1 saturated carbocycles. The highest BCUT2D eigenvalue weighted by Crippen LogP contribution is 2.34. The molecule has 1 aliphatic carbocycles. The molecule has 1 aliphatic heterocycles. The lowest BCUT2D eigenvalue weighted by Gasteiger charge is -2.24. The number of carbonyl (C=O) groups is 3. The van der Waals surface area contributed by atoms with Crippen LogP contribution in [0.4, 0.5) is 11.4 Å². The van der Waals surface area contributed by atoms with E-state index in [-0.39, 0.29) is 36.8 Å². The normalized spacial score (nSPS) is 15.5. The Hall–Kier alpha value is -3.40. The van der Waals surface area contributed by atoms with Gasteiger partial charge in [0.1, 0.15) is 18.1 Å². The Labute approximate surface area is 206 Å². The number of hydrogen-bond acceptors (Lipinski definition) is 6. The lowest BCUT2D eigenvalue weighted by molar-refractivity contribution is -0.123. The van der Waals surface area contributed by atoms with Crippen molar-refractivity contribution in [3.05, 3.63) is 48.0 Å². The molecule has 0 unspecified atom stereocenters. The fourth-order valence-corrected chi connectivity index (χ4v) is 5.09. The van der Waals surface area contributed by atoms with Gasteiger partial charge in [-0.15, -0.1) is 0 Å². The molecule has 3 amide bonds. The van der Waals surface area contributed by atoms with Crippen LogP contribution in [-0.4, -0.2) is 52.8 Å². The number of benzene rings is 2. The van der Waals surface area contributed by atoms with E-state index in [2.05, 4.69) is 10.6 Å².